The third-order valence-electron chi connectivity index (χ3n) is 5.37. The molecule has 0 aliphatic heterocycles. The standard InChI is InChI=1S/C23H18N3O7PS2/c1-25(2)34(35,32-16-6-4-5-15(10-16)26(28)29)33-21-12-17(36(3,30)31)11-20-19-9-14(13-24)7-8-18(19)23(27)22(20)21/h4-12H,1-3H3. The van der Waals surface area contributed by atoms with Gasteiger partial charge in [0.2, 0.25) is 0 Å². The molecule has 36 heavy (non-hydrogen) atoms. The van der Waals surface area contributed by atoms with Crippen molar-refractivity contribution >= 4 is 39.8 Å². The smallest absolute Gasteiger partial charge is 0.367 e. The van der Waals surface area contributed by atoms with E-state index in [4.69, 9.17) is 20.9 Å². The van der Waals surface area contributed by atoms with Crippen molar-refractivity contribution in [1.29, 1.82) is 5.26 Å². The predicted molar refractivity (Wildman–Crippen MR) is 135 cm³/mol. The lowest BCUT2D eigenvalue weighted by molar-refractivity contribution is -0.384. The number of carbonyl (C=O) groups is 1. The van der Waals surface area contributed by atoms with Crippen LogP contribution in [0.15, 0.2) is 59.5 Å². The third-order valence-corrected chi connectivity index (χ3v) is 9.73. The zero-order valence-corrected chi connectivity index (χ0v) is 21.7. The first-order chi connectivity index (χ1) is 16.8. The SMILES string of the molecule is CN(C)P(=S)(Oc1cccc([N+](=O)[O-])c1)Oc1cc(S(C)(=O)=O)cc2c1C(=O)c1ccc(C#N)cc1-2. The van der Waals surface area contributed by atoms with Gasteiger partial charge in [0.1, 0.15) is 11.5 Å². The van der Waals surface area contributed by atoms with Gasteiger partial charge >= 0.3 is 6.64 Å². The van der Waals surface area contributed by atoms with Crippen LogP contribution in [0.1, 0.15) is 21.5 Å². The molecule has 1 unspecified atom stereocenters. The molecule has 3 aromatic rings. The Balaban J connectivity index is 1.88. The molecule has 184 valence electrons. The van der Waals surface area contributed by atoms with E-state index in [0.29, 0.717) is 16.7 Å². The number of rotatable bonds is 7. The molecule has 0 bridgehead atoms. The summed E-state index contributed by atoms with van der Waals surface area (Å²) in [5.41, 5.74) is 1.16. The lowest BCUT2D eigenvalue weighted by atomic mass is 10.0. The number of hydrogen-bond donors (Lipinski definition) is 0. The van der Waals surface area contributed by atoms with Crippen molar-refractivity contribution in [3.63, 3.8) is 0 Å². The zero-order valence-electron chi connectivity index (χ0n) is 19.2. The lowest BCUT2D eigenvalue weighted by Gasteiger charge is -2.29. The summed E-state index contributed by atoms with van der Waals surface area (Å²) in [6.45, 7) is -3.48. The molecule has 1 aliphatic carbocycles. The highest BCUT2D eigenvalue weighted by molar-refractivity contribution is 8.09. The number of nitro groups is 1. The molecule has 0 spiro atoms. The van der Waals surface area contributed by atoms with E-state index in [0.717, 1.165) is 6.26 Å². The van der Waals surface area contributed by atoms with Crippen LogP contribution in [-0.2, 0) is 21.6 Å². The summed E-state index contributed by atoms with van der Waals surface area (Å²) in [5.74, 6) is -0.448. The molecule has 0 N–H and O–H groups in total. The molecule has 0 saturated carbocycles. The quantitative estimate of drug-likeness (QED) is 0.188. The molecule has 0 aromatic heterocycles. The summed E-state index contributed by atoms with van der Waals surface area (Å²) in [5, 5.41) is 20.5. The Labute approximate surface area is 212 Å². The summed E-state index contributed by atoms with van der Waals surface area (Å²) in [6, 6.07) is 14.5. The van der Waals surface area contributed by atoms with E-state index in [-0.39, 0.29) is 33.2 Å². The van der Waals surface area contributed by atoms with E-state index in [2.05, 4.69) is 0 Å². The van der Waals surface area contributed by atoms with Crippen LogP contribution in [0.3, 0.4) is 0 Å². The Kier molecular flexibility index (Phi) is 6.45. The molecule has 0 heterocycles. The number of benzene rings is 3. The van der Waals surface area contributed by atoms with Crippen molar-refractivity contribution in [2.45, 2.75) is 4.90 Å². The van der Waals surface area contributed by atoms with Gasteiger partial charge in [0.05, 0.1) is 33.1 Å². The number of nitriles is 1. The molecule has 13 heteroatoms. The molecule has 1 atom stereocenters. The average Bonchev–Trinajstić information content (AvgIpc) is 3.10. The van der Waals surface area contributed by atoms with Gasteiger partial charge in [-0.2, -0.15) is 5.26 Å². The Hall–Kier alpha value is -3.62. The molecule has 1 aliphatic rings. The van der Waals surface area contributed by atoms with Crippen LogP contribution < -0.4 is 9.05 Å². The first kappa shape index (κ1) is 25.5. The van der Waals surface area contributed by atoms with Gasteiger partial charge in [0, 0.05) is 35.8 Å². The average molecular weight is 544 g/mol. The number of carbonyl (C=O) groups excluding carboxylic acids is 1. The molecule has 0 amide bonds. The molecule has 4 rings (SSSR count). The van der Waals surface area contributed by atoms with Crippen LogP contribution in [0.5, 0.6) is 11.5 Å². The summed E-state index contributed by atoms with van der Waals surface area (Å²) in [6.07, 6.45) is 1.02. The summed E-state index contributed by atoms with van der Waals surface area (Å²) < 4.78 is 38.4. The minimum Gasteiger partial charge on any atom is -0.424 e. The maximum Gasteiger partial charge on any atom is 0.367 e. The van der Waals surface area contributed by atoms with Gasteiger partial charge in [0.25, 0.3) is 5.69 Å². The maximum absolute atomic E-state index is 13.3. The first-order valence-corrected chi connectivity index (χ1v) is 14.7. The monoisotopic (exact) mass is 543 g/mol. The van der Waals surface area contributed by atoms with Gasteiger partial charge in [-0.15, -0.1) is 0 Å². The molecule has 0 radical (unpaired) electrons. The number of nitrogens with zero attached hydrogens (tertiary/aromatic N) is 3. The number of ketones is 1. The van der Waals surface area contributed by atoms with Gasteiger partial charge in [-0.05, 0) is 55.6 Å². The topological polar surface area (TPSA) is 140 Å². The second-order valence-electron chi connectivity index (χ2n) is 8.07. The van der Waals surface area contributed by atoms with Crippen molar-refractivity contribution in [2.75, 3.05) is 20.4 Å². The van der Waals surface area contributed by atoms with E-state index >= 15 is 0 Å². The second-order valence-corrected chi connectivity index (χ2v) is 13.6. The van der Waals surface area contributed by atoms with Crippen LogP contribution >= 0.6 is 6.64 Å². The van der Waals surface area contributed by atoms with Crippen LogP contribution in [0.2, 0.25) is 0 Å². The number of nitro benzene ring substituents is 1. The number of non-ortho nitro benzene ring substituents is 1. The van der Waals surface area contributed by atoms with E-state index in [1.807, 2.05) is 6.07 Å². The summed E-state index contributed by atoms with van der Waals surface area (Å²) >= 11 is 5.69. The Morgan fingerprint density at radius 1 is 1.06 bits per heavy atom. The lowest BCUT2D eigenvalue weighted by Crippen LogP contribution is -2.18. The second kappa shape index (κ2) is 9.11. The molecular formula is C23H18N3O7PS2. The van der Waals surface area contributed by atoms with Crippen molar-refractivity contribution in [3.05, 3.63) is 81.4 Å². The highest BCUT2D eigenvalue weighted by Gasteiger charge is 2.36. The summed E-state index contributed by atoms with van der Waals surface area (Å²) in [4.78, 5) is 23.8. The third kappa shape index (κ3) is 4.62. The van der Waals surface area contributed by atoms with Crippen LogP contribution in [0, 0.1) is 21.4 Å². The van der Waals surface area contributed by atoms with E-state index in [1.54, 1.807) is 14.1 Å². The van der Waals surface area contributed by atoms with Crippen molar-refractivity contribution in [1.82, 2.24) is 4.67 Å². The molecule has 0 saturated heterocycles. The fourth-order valence-electron chi connectivity index (χ4n) is 3.59. The Morgan fingerprint density at radius 3 is 2.39 bits per heavy atom. The minimum absolute atomic E-state index is 0.0745. The minimum atomic E-state index is -3.74. The van der Waals surface area contributed by atoms with Crippen molar-refractivity contribution < 1.29 is 27.2 Å². The van der Waals surface area contributed by atoms with E-state index < -0.39 is 27.2 Å². The van der Waals surface area contributed by atoms with E-state index in [1.165, 1.54) is 59.3 Å². The van der Waals surface area contributed by atoms with Gasteiger partial charge in [-0.1, -0.05) is 6.07 Å². The highest BCUT2D eigenvalue weighted by atomic mass is 32.5. The largest absolute Gasteiger partial charge is 0.424 e. The fraction of sp³-hybridized carbons (Fsp3) is 0.130. The van der Waals surface area contributed by atoms with E-state index in [9.17, 15) is 28.6 Å². The number of hydrogen-bond acceptors (Lipinski definition) is 9. The van der Waals surface area contributed by atoms with Gasteiger partial charge in [0.15, 0.2) is 15.6 Å². The number of sulfone groups is 1. The van der Waals surface area contributed by atoms with Crippen LogP contribution in [-0.4, -0.2) is 44.1 Å². The van der Waals surface area contributed by atoms with Crippen molar-refractivity contribution in [2.24, 2.45) is 0 Å². The Bertz CT molecular complexity index is 1650. The fourth-order valence-corrected chi connectivity index (χ4v) is 5.87. The maximum atomic E-state index is 13.3. The van der Waals surface area contributed by atoms with Crippen LogP contribution in [0.25, 0.3) is 11.1 Å². The van der Waals surface area contributed by atoms with Crippen LogP contribution in [0.4, 0.5) is 5.69 Å². The predicted octanol–water partition coefficient (Wildman–Crippen LogP) is 4.33. The zero-order chi connectivity index (χ0) is 26.4. The van der Waals surface area contributed by atoms with Gasteiger partial charge in [-0.3, -0.25) is 14.9 Å². The molecule has 0 fully saturated rings. The molecule has 10 nitrogen and oxygen atoms in total. The van der Waals surface area contributed by atoms with Crippen molar-refractivity contribution in [3.8, 4) is 28.7 Å². The Morgan fingerprint density at radius 2 is 1.78 bits per heavy atom. The van der Waals surface area contributed by atoms with Gasteiger partial charge in [-0.25, -0.2) is 13.1 Å². The highest BCUT2D eigenvalue weighted by Crippen LogP contribution is 2.54. The molecule has 3 aromatic carbocycles. The van der Waals surface area contributed by atoms with Gasteiger partial charge < -0.3 is 9.05 Å². The molecular weight excluding hydrogens is 525 g/mol. The number of fused-ring (bicyclic) bond motifs is 3. The normalized spacial score (nSPS) is 13.9. The summed E-state index contributed by atoms with van der Waals surface area (Å²) in [7, 11) is -0.584. The first-order valence-electron chi connectivity index (χ1n) is 10.2.